The summed E-state index contributed by atoms with van der Waals surface area (Å²) in [5.74, 6) is -0.614. The van der Waals surface area contributed by atoms with Gasteiger partial charge in [-0.05, 0) is 25.5 Å². The van der Waals surface area contributed by atoms with Crippen LogP contribution < -0.4 is 15.8 Å². The number of hydrogen-bond donors (Lipinski definition) is 2. The Bertz CT molecular complexity index is 900. The molecule has 0 radical (unpaired) electrons. The monoisotopic (exact) mass is 387 g/mol. The molecular formula is C19H19ClFN5O. The predicted octanol–water partition coefficient (Wildman–Crippen LogP) is 3.16. The molecule has 0 saturated carbocycles. The van der Waals surface area contributed by atoms with Crippen LogP contribution in [0.2, 0.25) is 0 Å². The maximum absolute atomic E-state index is 14.3. The van der Waals surface area contributed by atoms with Crippen LogP contribution in [0.1, 0.15) is 30.4 Å². The predicted molar refractivity (Wildman–Crippen MR) is 102 cm³/mol. The van der Waals surface area contributed by atoms with Crippen molar-refractivity contribution >= 4 is 18.2 Å². The lowest BCUT2D eigenvalue weighted by Crippen LogP contribution is -2.38. The summed E-state index contributed by atoms with van der Waals surface area (Å²) in [7, 11) is 0. The molecule has 1 atom stereocenters. The number of anilines is 1. The third-order valence-electron chi connectivity index (χ3n) is 4.39. The first-order valence-electron chi connectivity index (χ1n) is 8.40. The second-order valence-corrected chi connectivity index (χ2v) is 6.09. The zero-order chi connectivity index (χ0) is 18.5. The third-order valence-corrected chi connectivity index (χ3v) is 4.39. The van der Waals surface area contributed by atoms with Crippen LogP contribution in [0.3, 0.4) is 0 Å². The van der Waals surface area contributed by atoms with Crippen LogP contribution in [0.4, 0.5) is 10.2 Å². The number of piperidine rings is 1. The average molecular weight is 388 g/mol. The van der Waals surface area contributed by atoms with Crippen LogP contribution in [0.5, 0.6) is 5.88 Å². The molecule has 3 N–H and O–H groups in total. The van der Waals surface area contributed by atoms with Gasteiger partial charge in [0.15, 0.2) is 0 Å². The van der Waals surface area contributed by atoms with Crippen molar-refractivity contribution < 1.29 is 9.13 Å². The number of nitriles is 2. The molecule has 1 aromatic heterocycles. The number of ether oxygens (including phenoxy) is 1. The van der Waals surface area contributed by atoms with E-state index in [1.165, 1.54) is 18.2 Å². The van der Waals surface area contributed by atoms with Gasteiger partial charge in [-0.3, -0.25) is 0 Å². The van der Waals surface area contributed by atoms with Gasteiger partial charge in [-0.1, -0.05) is 24.6 Å². The maximum Gasteiger partial charge on any atom is 0.234 e. The summed E-state index contributed by atoms with van der Waals surface area (Å²) >= 11 is 0. The minimum absolute atomic E-state index is 0. The van der Waals surface area contributed by atoms with Crippen LogP contribution in [0, 0.1) is 28.5 Å². The van der Waals surface area contributed by atoms with Gasteiger partial charge in [0.25, 0.3) is 0 Å². The largest absolute Gasteiger partial charge is 0.475 e. The molecule has 27 heavy (non-hydrogen) atoms. The van der Waals surface area contributed by atoms with Gasteiger partial charge in [0.1, 0.15) is 41.5 Å². The summed E-state index contributed by atoms with van der Waals surface area (Å²) in [6.07, 6.45) is 3.20. The number of pyridine rings is 1. The molecule has 1 saturated heterocycles. The highest BCUT2D eigenvalue weighted by molar-refractivity contribution is 5.85. The van der Waals surface area contributed by atoms with Crippen molar-refractivity contribution in [3.8, 4) is 29.1 Å². The molecule has 0 bridgehead atoms. The van der Waals surface area contributed by atoms with Gasteiger partial charge in [-0.2, -0.15) is 15.5 Å². The molecule has 1 aliphatic rings. The van der Waals surface area contributed by atoms with E-state index in [1.54, 1.807) is 6.07 Å². The molecule has 0 amide bonds. The normalized spacial score (nSPS) is 15.9. The van der Waals surface area contributed by atoms with Gasteiger partial charge in [-0.25, -0.2) is 4.39 Å². The molecule has 0 aliphatic carbocycles. The Morgan fingerprint density at radius 3 is 2.59 bits per heavy atom. The number of nitrogens with zero attached hydrogens (tertiary/aromatic N) is 3. The number of aromatic nitrogens is 1. The van der Waals surface area contributed by atoms with Crippen molar-refractivity contribution in [1.29, 1.82) is 10.5 Å². The first-order chi connectivity index (χ1) is 12.7. The second-order valence-electron chi connectivity index (χ2n) is 6.09. The molecule has 1 fully saturated rings. The summed E-state index contributed by atoms with van der Waals surface area (Å²) in [6, 6.07) is 10.0. The Kier molecular flexibility index (Phi) is 6.95. The van der Waals surface area contributed by atoms with E-state index in [0.29, 0.717) is 6.61 Å². The van der Waals surface area contributed by atoms with Gasteiger partial charge in [0.05, 0.1) is 0 Å². The Hall–Kier alpha value is -2.87. The lowest BCUT2D eigenvalue weighted by molar-refractivity contribution is 0.232. The molecular weight excluding hydrogens is 369 g/mol. The number of nitrogen functional groups attached to an aromatic ring is 1. The minimum atomic E-state index is -0.550. The smallest absolute Gasteiger partial charge is 0.234 e. The van der Waals surface area contributed by atoms with Gasteiger partial charge < -0.3 is 15.8 Å². The zero-order valence-corrected chi connectivity index (χ0v) is 15.4. The summed E-state index contributed by atoms with van der Waals surface area (Å²) in [4.78, 5) is 4.08. The summed E-state index contributed by atoms with van der Waals surface area (Å²) in [5, 5.41) is 22.4. The zero-order valence-electron chi connectivity index (χ0n) is 14.5. The highest BCUT2D eigenvalue weighted by Crippen LogP contribution is 2.36. The molecule has 6 nitrogen and oxygen atoms in total. The summed E-state index contributed by atoms with van der Waals surface area (Å²) in [6.45, 7) is 1.24. The van der Waals surface area contributed by atoms with Crippen LogP contribution in [0.15, 0.2) is 24.3 Å². The highest BCUT2D eigenvalue weighted by Gasteiger charge is 2.24. The summed E-state index contributed by atoms with van der Waals surface area (Å²) < 4.78 is 20.1. The molecule has 1 unspecified atom stereocenters. The lowest BCUT2D eigenvalue weighted by atomic mass is 9.96. The summed E-state index contributed by atoms with van der Waals surface area (Å²) in [5.41, 5.74) is 6.11. The van der Waals surface area contributed by atoms with E-state index in [1.807, 2.05) is 12.1 Å². The number of halogens is 2. The van der Waals surface area contributed by atoms with E-state index in [4.69, 9.17) is 10.5 Å². The second kappa shape index (κ2) is 9.18. The fourth-order valence-electron chi connectivity index (χ4n) is 3.08. The number of rotatable bonds is 4. The topological polar surface area (TPSA) is 108 Å². The minimum Gasteiger partial charge on any atom is -0.475 e. The molecule has 3 rings (SSSR count). The fourth-order valence-corrected chi connectivity index (χ4v) is 3.08. The molecule has 1 aromatic carbocycles. The first kappa shape index (κ1) is 20.4. The molecule has 1 aliphatic heterocycles. The molecule has 8 heteroatoms. The Labute approximate surface area is 163 Å². The third kappa shape index (κ3) is 4.28. The standard InChI is InChI=1S/C19H18FN5O.ClH/c20-16-7-2-1-6-13(16)17-14(9-21)18(23)25-19(15(17)10-22)26-11-12-5-3-4-8-24-12;/h1-2,6-7,12,24H,3-5,8,11H2,(H2,23,25);1H. The van der Waals surface area contributed by atoms with Crippen LogP contribution in [0.25, 0.3) is 11.1 Å². The van der Waals surface area contributed by atoms with Crippen LogP contribution in [-0.2, 0) is 0 Å². The van der Waals surface area contributed by atoms with Crippen molar-refractivity contribution in [3.05, 3.63) is 41.2 Å². The van der Waals surface area contributed by atoms with Gasteiger partial charge in [-0.15, -0.1) is 12.4 Å². The van der Waals surface area contributed by atoms with Gasteiger partial charge >= 0.3 is 0 Å². The average Bonchev–Trinajstić information content (AvgIpc) is 2.67. The highest BCUT2D eigenvalue weighted by atomic mass is 35.5. The van der Waals surface area contributed by atoms with Crippen molar-refractivity contribution in [1.82, 2.24) is 10.3 Å². The first-order valence-corrected chi connectivity index (χ1v) is 8.40. The molecule has 2 heterocycles. The van der Waals surface area contributed by atoms with Crippen molar-refractivity contribution in [2.45, 2.75) is 25.3 Å². The van der Waals surface area contributed by atoms with E-state index in [2.05, 4.69) is 10.3 Å². The van der Waals surface area contributed by atoms with Crippen LogP contribution in [-0.4, -0.2) is 24.2 Å². The van der Waals surface area contributed by atoms with Crippen LogP contribution >= 0.6 is 12.4 Å². The van der Waals surface area contributed by atoms with E-state index >= 15 is 0 Å². The Morgan fingerprint density at radius 1 is 1.22 bits per heavy atom. The maximum atomic E-state index is 14.3. The van der Waals surface area contributed by atoms with E-state index in [0.717, 1.165) is 25.8 Å². The van der Waals surface area contributed by atoms with Crippen molar-refractivity contribution in [3.63, 3.8) is 0 Å². The van der Waals surface area contributed by atoms with E-state index in [9.17, 15) is 14.9 Å². The fraction of sp³-hybridized carbons (Fsp3) is 0.316. The number of nitrogens with two attached hydrogens (primary N) is 1. The van der Waals surface area contributed by atoms with Gasteiger partial charge in [0, 0.05) is 17.2 Å². The number of benzene rings is 1. The number of hydrogen-bond acceptors (Lipinski definition) is 6. The van der Waals surface area contributed by atoms with Crippen molar-refractivity contribution in [2.24, 2.45) is 0 Å². The SMILES string of the molecule is Cl.N#Cc1c(N)nc(OCC2CCCCN2)c(C#N)c1-c1ccccc1F. The van der Waals surface area contributed by atoms with Gasteiger partial charge in [0.2, 0.25) is 5.88 Å². The molecule has 140 valence electrons. The molecule has 0 spiro atoms. The van der Waals surface area contributed by atoms with E-state index < -0.39 is 5.82 Å². The number of nitrogens with one attached hydrogen (secondary N) is 1. The van der Waals surface area contributed by atoms with E-state index in [-0.39, 0.29) is 52.4 Å². The quantitative estimate of drug-likeness (QED) is 0.834. The van der Waals surface area contributed by atoms with Crippen molar-refractivity contribution in [2.75, 3.05) is 18.9 Å². The lowest BCUT2D eigenvalue weighted by Gasteiger charge is -2.23. The Balaban J connectivity index is 0.00000261. The Morgan fingerprint density at radius 2 is 1.96 bits per heavy atom. The molecule has 2 aromatic rings.